The van der Waals surface area contributed by atoms with E-state index in [2.05, 4.69) is 0 Å². The first-order chi connectivity index (χ1) is 13.4. The lowest BCUT2D eigenvalue weighted by molar-refractivity contribution is -0.144. The van der Waals surface area contributed by atoms with Gasteiger partial charge < -0.3 is 24.5 Å². The van der Waals surface area contributed by atoms with Crippen LogP contribution in [0.5, 0.6) is 0 Å². The zero-order valence-electron chi connectivity index (χ0n) is 17.3. The number of ether oxygens (including phenoxy) is 1. The number of carbonyl (C=O) groups excluding carboxylic acids is 2. The summed E-state index contributed by atoms with van der Waals surface area (Å²) >= 11 is 0. The minimum Gasteiger partial charge on any atom is -0.481 e. The molecule has 8 nitrogen and oxygen atoms in total. The summed E-state index contributed by atoms with van der Waals surface area (Å²) in [5, 5.41) is 9.25. The summed E-state index contributed by atoms with van der Waals surface area (Å²) in [6, 6.07) is 0.0387. The van der Waals surface area contributed by atoms with Crippen molar-refractivity contribution in [3.05, 3.63) is 0 Å². The average molecular weight is 398 g/mol. The molecule has 0 spiro atoms. The molecule has 1 N–H and O–H groups in total. The number of likely N-dealkylation sites (tertiary alicyclic amines) is 2. The van der Waals surface area contributed by atoms with Crippen LogP contribution in [0.3, 0.4) is 0 Å². The minimum atomic E-state index is -0.905. The van der Waals surface area contributed by atoms with Gasteiger partial charge in [0.05, 0.1) is 11.8 Å². The summed E-state index contributed by atoms with van der Waals surface area (Å²) in [5.41, 5.74) is 0. The Morgan fingerprint density at radius 1 is 1.14 bits per heavy atom. The Balaban J connectivity index is 1.97. The van der Waals surface area contributed by atoms with E-state index in [0.29, 0.717) is 39.3 Å². The number of carboxylic acids is 1. The Bertz CT molecular complexity index is 536. The van der Waals surface area contributed by atoms with Crippen LogP contribution in [0.25, 0.3) is 0 Å². The van der Waals surface area contributed by atoms with Gasteiger partial charge in [0.25, 0.3) is 0 Å². The Labute approximate surface area is 167 Å². The summed E-state index contributed by atoms with van der Waals surface area (Å²) in [7, 11) is 0. The fourth-order valence-corrected chi connectivity index (χ4v) is 3.92. The molecule has 0 aromatic heterocycles. The first-order valence-electron chi connectivity index (χ1n) is 10.6. The third-order valence-corrected chi connectivity index (χ3v) is 5.57. The molecule has 0 saturated carbocycles. The standard InChI is InChI=1S/C20H35N3O5/c1-3-28-13-7-12-22(14-16(2)19(25)26)18(24)17-8-6-11-23(15-17)20(27)21-9-4-5-10-21/h16-17H,3-15H2,1-2H3,(H,25,26). The lowest BCUT2D eigenvalue weighted by atomic mass is 9.96. The van der Waals surface area contributed by atoms with Gasteiger partial charge in [0.15, 0.2) is 0 Å². The van der Waals surface area contributed by atoms with Crippen molar-refractivity contribution in [1.29, 1.82) is 0 Å². The summed E-state index contributed by atoms with van der Waals surface area (Å²) in [6.45, 7) is 8.10. The fraction of sp³-hybridized carbons (Fsp3) is 0.850. The van der Waals surface area contributed by atoms with E-state index in [1.165, 1.54) is 0 Å². The second-order valence-corrected chi connectivity index (χ2v) is 7.84. The molecule has 0 aromatic rings. The maximum absolute atomic E-state index is 13.2. The van der Waals surface area contributed by atoms with Crippen molar-refractivity contribution in [2.24, 2.45) is 11.8 Å². The topological polar surface area (TPSA) is 90.4 Å². The number of hydrogen-bond donors (Lipinski definition) is 1. The SMILES string of the molecule is CCOCCCN(CC(C)C(=O)O)C(=O)C1CCCN(C(=O)N2CCCC2)C1. The van der Waals surface area contributed by atoms with Gasteiger partial charge in [-0.25, -0.2) is 4.79 Å². The van der Waals surface area contributed by atoms with Crippen LogP contribution in [0.2, 0.25) is 0 Å². The van der Waals surface area contributed by atoms with Gasteiger partial charge >= 0.3 is 12.0 Å². The van der Waals surface area contributed by atoms with E-state index in [4.69, 9.17) is 4.74 Å². The van der Waals surface area contributed by atoms with Crippen LogP contribution in [0.4, 0.5) is 4.79 Å². The predicted octanol–water partition coefficient (Wildman–Crippen LogP) is 1.89. The van der Waals surface area contributed by atoms with Crippen molar-refractivity contribution in [1.82, 2.24) is 14.7 Å². The molecule has 2 fully saturated rings. The Kier molecular flexibility index (Phi) is 9.02. The Hall–Kier alpha value is -1.83. The van der Waals surface area contributed by atoms with Crippen molar-refractivity contribution in [2.45, 2.75) is 46.0 Å². The van der Waals surface area contributed by atoms with Crippen molar-refractivity contribution in [3.8, 4) is 0 Å². The summed E-state index contributed by atoms with van der Waals surface area (Å²) < 4.78 is 5.35. The highest BCUT2D eigenvalue weighted by Crippen LogP contribution is 2.22. The van der Waals surface area contributed by atoms with E-state index >= 15 is 0 Å². The number of urea groups is 1. The number of nitrogens with zero attached hydrogens (tertiary/aromatic N) is 3. The molecule has 2 saturated heterocycles. The predicted molar refractivity (Wildman–Crippen MR) is 105 cm³/mol. The quantitative estimate of drug-likeness (QED) is 0.600. The average Bonchev–Trinajstić information content (AvgIpc) is 3.23. The third-order valence-electron chi connectivity index (χ3n) is 5.57. The van der Waals surface area contributed by atoms with Crippen LogP contribution in [-0.4, -0.2) is 90.2 Å². The van der Waals surface area contributed by atoms with E-state index in [0.717, 1.165) is 38.8 Å². The highest BCUT2D eigenvalue weighted by atomic mass is 16.5. The number of carbonyl (C=O) groups is 3. The molecule has 8 heteroatoms. The van der Waals surface area contributed by atoms with Crippen LogP contribution in [0.1, 0.15) is 46.0 Å². The highest BCUT2D eigenvalue weighted by molar-refractivity contribution is 5.81. The van der Waals surface area contributed by atoms with Gasteiger partial charge in [-0.1, -0.05) is 6.92 Å². The molecule has 0 aliphatic carbocycles. The zero-order valence-corrected chi connectivity index (χ0v) is 17.3. The molecule has 2 atom stereocenters. The molecular formula is C20H35N3O5. The molecule has 28 heavy (non-hydrogen) atoms. The number of piperidine rings is 1. The summed E-state index contributed by atoms with van der Waals surface area (Å²) in [6.07, 6.45) is 4.31. The lowest BCUT2D eigenvalue weighted by Crippen LogP contribution is -2.51. The summed E-state index contributed by atoms with van der Waals surface area (Å²) in [5.74, 6) is -1.82. The van der Waals surface area contributed by atoms with Crippen LogP contribution in [0.15, 0.2) is 0 Å². The molecule has 3 amide bonds. The highest BCUT2D eigenvalue weighted by Gasteiger charge is 2.34. The molecular weight excluding hydrogens is 362 g/mol. The second-order valence-electron chi connectivity index (χ2n) is 7.84. The molecule has 2 aliphatic rings. The molecule has 0 radical (unpaired) electrons. The number of amides is 3. The van der Waals surface area contributed by atoms with Gasteiger partial charge in [0, 0.05) is 52.5 Å². The smallest absolute Gasteiger partial charge is 0.320 e. The zero-order chi connectivity index (χ0) is 20.5. The van der Waals surface area contributed by atoms with E-state index in [1.807, 2.05) is 11.8 Å². The lowest BCUT2D eigenvalue weighted by Gasteiger charge is -2.37. The maximum atomic E-state index is 13.2. The number of carboxylic acid groups (broad SMARTS) is 1. The van der Waals surface area contributed by atoms with Crippen molar-refractivity contribution < 1.29 is 24.2 Å². The van der Waals surface area contributed by atoms with Gasteiger partial charge in [0.1, 0.15) is 0 Å². The molecule has 2 heterocycles. The molecule has 2 rings (SSSR count). The van der Waals surface area contributed by atoms with Gasteiger partial charge in [-0.3, -0.25) is 9.59 Å². The number of hydrogen-bond acceptors (Lipinski definition) is 4. The molecule has 0 bridgehead atoms. The molecule has 2 unspecified atom stereocenters. The van der Waals surface area contributed by atoms with E-state index in [9.17, 15) is 19.5 Å². The number of rotatable bonds is 9. The second kappa shape index (κ2) is 11.2. The minimum absolute atomic E-state index is 0.0384. The van der Waals surface area contributed by atoms with Crippen molar-refractivity contribution in [2.75, 3.05) is 52.5 Å². The molecule has 2 aliphatic heterocycles. The monoisotopic (exact) mass is 397 g/mol. The third kappa shape index (κ3) is 6.36. The van der Waals surface area contributed by atoms with Crippen molar-refractivity contribution in [3.63, 3.8) is 0 Å². The van der Waals surface area contributed by atoms with Crippen LogP contribution in [-0.2, 0) is 14.3 Å². The Morgan fingerprint density at radius 2 is 1.82 bits per heavy atom. The number of aliphatic carboxylic acids is 1. The fourth-order valence-electron chi connectivity index (χ4n) is 3.92. The van der Waals surface area contributed by atoms with Crippen LogP contribution in [0, 0.1) is 11.8 Å². The Morgan fingerprint density at radius 3 is 2.46 bits per heavy atom. The van der Waals surface area contributed by atoms with Crippen LogP contribution >= 0.6 is 0 Å². The van der Waals surface area contributed by atoms with Crippen LogP contribution < -0.4 is 0 Å². The van der Waals surface area contributed by atoms with Crippen molar-refractivity contribution >= 4 is 17.9 Å². The van der Waals surface area contributed by atoms with E-state index in [1.54, 1.807) is 16.7 Å². The van der Waals surface area contributed by atoms with Gasteiger partial charge in [-0.15, -0.1) is 0 Å². The molecule has 160 valence electrons. The van der Waals surface area contributed by atoms with E-state index in [-0.39, 0.29) is 24.4 Å². The largest absolute Gasteiger partial charge is 0.481 e. The van der Waals surface area contributed by atoms with Gasteiger partial charge in [-0.05, 0) is 39.0 Å². The summed E-state index contributed by atoms with van der Waals surface area (Å²) in [4.78, 5) is 42.4. The van der Waals surface area contributed by atoms with Gasteiger partial charge in [0.2, 0.25) is 5.91 Å². The van der Waals surface area contributed by atoms with Gasteiger partial charge in [-0.2, -0.15) is 0 Å². The maximum Gasteiger partial charge on any atom is 0.320 e. The van der Waals surface area contributed by atoms with E-state index < -0.39 is 11.9 Å². The molecule has 0 aromatic carbocycles. The first kappa shape index (κ1) is 22.5. The first-order valence-corrected chi connectivity index (χ1v) is 10.6. The normalized spacial score (nSPS) is 20.9.